The fraction of sp³-hybridized carbons (Fsp3) is 0.308. The molecule has 0 saturated heterocycles. The normalized spacial score (nSPS) is 12.4. The van der Waals surface area contributed by atoms with Crippen molar-refractivity contribution < 1.29 is 24.5 Å². The molecule has 1 unspecified atom stereocenters. The third-order valence-corrected chi connectivity index (χ3v) is 1.98. The molecular formula is C13H16O5. The Kier molecular flexibility index (Phi) is 5.20. The van der Waals surface area contributed by atoms with Gasteiger partial charge in [-0.25, -0.2) is 4.79 Å². The Morgan fingerprint density at radius 2 is 2.17 bits per heavy atom. The number of carboxylic acid groups (broad SMARTS) is 1. The predicted octanol–water partition coefficient (Wildman–Crippen LogP) is 1.90. The molecule has 0 saturated carbocycles. The van der Waals surface area contributed by atoms with Gasteiger partial charge in [0, 0.05) is 6.08 Å². The van der Waals surface area contributed by atoms with Gasteiger partial charge in [0.1, 0.15) is 0 Å². The largest absolute Gasteiger partial charge is 0.490 e. The van der Waals surface area contributed by atoms with Crippen LogP contribution in [0.25, 0.3) is 6.08 Å². The van der Waals surface area contributed by atoms with E-state index < -0.39 is 12.3 Å². The number of rotatable bonds is 6. The van der Waals surface area contributed by atoms with Gasteiger partial charge in [-0.3, -0.25) is 0 Å². The van der Waals surface area contributed by atoms with Crippen LogP contribution in [0.2, 0.25) is 0 Å². The number of carboxylic acids is 1. The summed E-state index contributed by atoms with van der Waals surface area (Å²) in [5.41, 5.74) is 0.679. The Morgan fingerprint density at radius 3 is 2.72 bits per heavy atom. The molecule has 1 aromatic rings. The van der Waals surface area contributed by atoms with E-state index in [2.05, 4.69) is 0 Å². The van der Waals surface area contributed by atoms with Gasteiger partial charge in [0.25, 0.3) is 0 Å². The lowest BCUT2D eigenvalue weighted by atomic mass is 10.2. The first-order chi connectivity index (χ1) is 8.52. The van der Waals surface area contributed by atoms with Crippen LogP contribution in [0.5, 0.6) is 11.5 Å². The zero-order chi connectivity index (χ0) is 13.5. The molecule has 5 heteroatoms. The lowest BCUT2D eigenvalue weighted by molar-refractivity contribution is -0.131. The standard InChI is InChI=1S/C13H16O5/c1-3-17-12-8-10(5-7-13(15)16)4-6-11(12)18-9(2)14/h4-9,14H,3H2,1-2H3,(H,15,16)/b7-5+. The van der Waals surface area contributed by atoms with Crippen molar-refractivity contribution in [1.82, 2.24) is 0 Å². The maximum Gasteiger partial charge on any atom is 0.328 e. The average Bonchev–Trinajstić information content (AvgIpc) is 2.29. The summed E-state index contributed by atoms with van der Waals surface area (Å²) in [5, 5.41) is 17.7. The van der Waals surface area contributed by atoms with Gasteiger partial charge in [-0.1, -0.05) is 6.07 Å². The lowest BCUT2D eigenvalue weighted by Crippen LogP contribution is -2.10. The van der Waals surface area contributed by atoms with Crippen molar-refractivity contribution in [2.75, 3.05) is 6.61 Å². The van der Waals surface area contributed by atoms with E-state index in [0.29, 0.717) is 23.7 Å². The topological polar surface area (TPSA) is 76.0 Å². The van der Waals surface area contributed by atoms with E-state index >= 15 is 0 Å². The zero-order valence-corrected chi connectivity index (χ0v) is 10.3. The molecule has 0 spiro atoms. The first-order valence-corrected chi connectivity index (χ1v) is 5.55. The molecule has 18 heavy (non-hydrogen) atoms. The molecule has 1 aromatic carbocycles. The van der Waals surface area contributed by atoms with E-state index in [0.717, 1.165) is 6.08 Å². The highest BCUT2D eigenvalue weighted by atomic mass is 16.6. The molecule has 0 fully saturated rings. The highest BCUT2D eigenvalue weighted by Crippen LogP contribution is 2.29. The van der Waals surface area contributed by atoms with Crippen LogP contribution in [0.15, 0.2) is 24.3 Å². The molecular weight excluding hydrogens is 236 g/mol. The molecule has 0 amide bonds. The van der Waals surface area contributed by atoms with Gasteiger partial charge >= 0.3 is 5.97 Å². The Balaban J connectivity index is 2.98. The number of carbonyl (C=O) groups is 1. The summed E-state index contributed by atoms with van der Waals surface area (Å²) < 4.78 is 10.5. The second kappa shape index (κ2) is 6.66. The average molecular weight is 252 g/mol. The number of hydrogen-bond acceptors (Lipinski definition) is 4. The van der Waals surface area contributed by atoms with Gasteiger partial charge in [-0.05, 0) is 37.6 Å². The fourth-order valence-electron chi connectivity index (χ4n) is 1.35. The summed E-state index contributed by atoms with van der Waals surface area (Å²) in [5.74, 6) is -0.137. The van der Waals surface area contributed by atoms with Crippen molar-refractivity contribution in [3.63, 3.8) is 0 Å². The third kappa shape index (κ3) is 4.47. The van der Waals surface area contributed by atoms with E-state index in [9.17, 15) is 9.90 Å². The third-order valence-electron chi connectivity index (χ3n) is 1.98. The summed E-state index contributed by atoms with van der Waals surface area (Å²) in [4.78, 5) is 10.4. The van der Waals surface area contributed by atoms with E-state index in [1.165, 1.54) is 13.0 Å². The van der Waals surface area contributed by atoms with Crippen molar-refractivity contribution in [1.29, 1.82) is 0 Å². The Labute approximate surface area is 105 Å². The summed E-state index contributed by atoms with van der Waals surface area (Å²) in [7, 11) is 0. The quantitative estimate of drug-likeness (QED) is 0.597. The summed E-state index contributed by atoms with van der Waals surface area (Å²) >= 11 is 0. The first-order valence-electron chi connectivity index (χ1n) is 5.55. The Hall–Kier alpha value is -2.01. The van der Waals surface area contributed by atoms with Crippen LogP contribution in [0.1, 0.15) is 19.4 Å². The molecule has 0 aliphatic heterocycles. The number of aliphatic hydroxyl groups is 1. The van der Waals surface area contributed by atoms with Gasteiger partial charge in [0.05, 0.1) is 6.61 Å². The molecule has 1 atom stereocenters. The van der Waals surface area contributed by atoms with Gasteiger partial charge in [0.2, 0.25) is 0 Å². The SMILES string of the molecule is CCOc1cc(/C=C/C(=O)O)ccc1OC(C)O. The molecule has 2 N–H and O–H groups in total. The fourth-order valence-corrected chi connectivity index (χ4v) is 1.35. The van der Waals surface area contributed by atoms with Crippen molar-refractivity contribution in [2.45, 2.75) is 20.1 Å². The molecule has 98 valence electrons. The van der Waals surface area contributed by atoms with Gasteiger partial charge in [-0.2, -0.15) is 0 Å². The van der Waals surface area contributed by atoms with Crippen molar-refractivity contribution >= 4 is 12.0 Å². The Bertz CT molecular complexity index is 437. The Morgan fingerprint density at radius 1 is 1.44 bits per heavy atom. The molecule has 0 radical (unpaired) electrons. The highest BCUT2D eigenvalue weighted by molar-refractivity contribution is 5.85. The minimum Gasteiger partial charge on any atom is -0.490 e. The van der Waals surface area contributed by atoms with E-state index in [-0.39, 0.29) is 0 Å². The number of aliphatic carboxylic acids is 1. The second-order valence-corrected chi connectivity index (χ2v) is 3.53. The van der Waals surface area contributed by atoms with Gasteiger partial charge < -0.3 is 19.7 Å². The van der Waals surface area contributed by atoms with Gasteiger partial charge in [0.15, 0.2) is 17.8 Å². The predicted molar refractivity (Wildman–Crippen MR) is 66.6 cm³/mol. The molecule has 1 rings (SSSR count). The van der Waals surface area contributed by atoms with Crippen LogP contribution in [0.4, 0.5) is 0 Å². The van der Waals surface area contributed by atoms with Gasteiger partial charge in [-0.15, -0.1) is 0 Å². The molecule has 0 heterocycles. The van der Waals surface area contributed by atoms with Crippen molar-refractivity contribution in [3.05, 3.63) is 29.8 Å². The number of hydrogen-bond donors (Lipinski definition) is 2. The first kappa shape index (κ1) is 14.1. The second-order valence-electron chi connectivity index (χ2n) is 3.53. The van der Waals surface area contributed by atoms with Crippen LogP contribution in [-0.4, -0.2) is 29.1 Å². The van der Waals surface area contributed by atoms with Crippen LogP contribution >= 0.6 is 0 Å². The number of aliphatic hydroxyl groups excluding tert-OH is 1. The molecule has 0 bridgehead atoms. The van der Waals surface area contributed by atoms with Crippen LogP contribution in [-0.2, 0) is 4.79 Å². The van der Waals surface area contributed by atoms with E-state index in [1.54, 1.807) is 18.2 Å². The molecule has 0 aliphatic carbocycles. The summed E-state index contributed by atoms with van der Waals surface area (Å²) in [6.45, 7) is 3.77. The summed E-state index contributed by atoms with van der Waals surface area (Å²) in [6, 6.07) is 4.96. The van der Waals surface area contributed by atoms with Crippen LogP contribution < -0.4 is 9.47 Å². The lowest BCUT2D eigenvalue weighted by Gasteiger charge is -2.14. The monoisotopic (exact) mass is 252 g/mol. The van der Waals surface area contributed by atoms with Crippen LogP contribution in [0.3, 0.4) is 0 Å². The molecule has 0 aliphatic rings. The highest BCUT2D eigenvalue weighted by Gasteiger charge is 2.07. The molecule has 0 aromatic heterocycles. The van der Waals surface area contributed by atoms with Crippen molar-refractivity contribution in [3.8, 4) is 11.5 Å². The molecule has 5 nitrogen and oxygen atoms in total. The minimum absolute atomic E-state index is 0.416. The zero-order valence-electron chi connectivity index (χ0n) is 10.3. The van der Waals surface area contributed by atoms with E-state index in [4.69, 9.17) is 14.6 Å². The van der Waals surface area contributed by atoms with Crippen LogP contribution in [0, 0.1) is 0 Å². The smallest absolute Gasteiger partial charge is 0.328 e. The van der Waals surface area contributed by atoms with E-state index in [1.807, 2.05) is 6.92 Å². The summed E-state index contributed by atoms with van der Waals surface area (Å²) in [6.07, 6.45) is 1.56. The maximum absolute atomic E-state index is 10.4. The van der Waals surface area contributed by atoms with Crippen molar-refractivity contribution in [2.24, 2.45) is 0 Å². The number of benzene rings is 1. The maximum atomic E-state index is 10.4. The minimum atomic E-state index is -1.02. The number of ether oxygens (including phenoxy) is 2.